The summed E-state index contributed by atoms with van der Waals surface area (Å²) >= 11 is 0. The standard InChI is InChI=1S/C37H62O6/c1-4-6-8-10-12-14-16-18-20-22-24-26-28-30-32-34(3)35(38)40-41-36(39)37(42-43-37)33-31-29-27-25-23-21-19-17-15-13-11-9-7-5-2/h12-15,18-21,34H,4-11,16-17,22-33H2,1-3H3/b14-12-,15-13-,20-18-,21-19-. The molecule has 1 saturated heterocycles. The molecular weight excluding hydrogens is 540 g/mol. The highest BCUT2D eigenvalue weighted by molar-refractivity contribution is 5.80. The fourth-order valence-electron chi connectivity index (χ4n) is 4.72. The first-order valence-electron chi connectivity index (χ1n) is 17.4. The molecule has 0 amide bonds. The lowest BCUT2D eigenvalue weighted by molar-refractivity contribution is -0.266. The minimum atomic E-state index is -1.41. The molecule has 1 aliphatic rings. The highest BCUT2D eigenvalue weighted by Gasteiger charge is 2.59. The number of carbonyl (C=O) groups is 2. The SMILES string of the molecule is CCCCC/C=C\C/C=C\CCCCCCC(C)C(=O)OOC(=O)C1(CCCCCC/C=C\C/C=C\CCCCC)OO1. The van der Waals surface area contributed by atoms with Crippen LogP contribution in [0.2, 0.25) is 0 Å². The van der Waals surface area contributed by atoms with Crippen molar-refractivity contribution in [1.82, 2.24) is 0 Å². The van der Waals surface area contributed by atoms with Gasteiger partial charge < -0.3 is 0 Å². The lowest BCUT2D eigenvalue weighted by Gasteiger charge is -2.10. The van der Waals surface area contributed by atoms with Gasteiger partial charge in [-0.05, 0) is 77.0 Å². The Bertz CT molecular complexity index is 808. The lowest BCUT2D eigenvalue weighted by Crippen LogP contribution is -2.29. The van der Waals surface area contributed by atoms with E-state index in [1.807, 2.05) is 0 Å². The van der Waals surface area contributed by atoms with E-state index in [0.717, 1.165) is 77.0 Å². The van der Waals surface area contributed by atoms with Gasteiger partial charge in [0.2, 0.25) is 0 Å². The van der Waals surface area contributed by atoms with Crippen LogP contribution in [0.15, 0.2) is 48.6 Å². The summed E-state index contributed by atoms with van der Waals surface area (Å²) in [6, 6.07) is 0. The molecule has 1 heterocycles. The molecule has 1 unspecified atom stereocenters. The van der Waals surface area contributed by atoms with Gasteiger partial charge in [0.1, 0.15) is 0 Å². The summed E-state index contributed by atoms with van der Waals surface area (Å²) in [6.07, 6.45) is 41.7. The molecule has 6 heteroatoms. The van der Waals surface area contributed by atoms with Crippen LogP contribution in [0.1, 0.15) is 162 Å². The van der Waals surface area contributed by atoms with E-state index in [2.05, 4.69) is 62.5 Å². The molecule has 0 N–H and O–H groups in total. The van der Waals surface area contributed by atoms with Gasteiger partial charge >= 0.3 is 17.7 Å². The maximum Gasteiger partial charge on any atom is 0.420 e. The predicted molar refractivity (Wildman–Crippen MR) is 176 cm³/mol. The second kappa shape index (κ2) is 27.4. The Morgan fingerprint density at radius 2 is 1.02 bits per heavy atom. The van der Waals surface area contributed by atoms with E-state index in [1.54, 1.807) is 6.92 Å². The minimum absolute atomic E-state index is 0.329. The lowest BCUT2D eigenvalue weighted by atomic mass is 10.0. The van der Waals surface area contributed by atoms with E-state index in [0.29, 0.717) is 12.8 Å². The maximum absolute atomic E-state index is 12.3. The van der Waals surface area contributed by atoms with Crippen LogP contribution >= 0.6 is 0 Å². The van der Waals surface area contributed by atoms with Crippen molar-refractivity contribution in [1.29, 1.82) is 0 Å². The topological polar surface area (TPSA) is 77.7 Å². The van der Waals surface area contributed by atoms with Crippen molar-refractivity contribution in [2.75, 3.05) is 0 Å². The molecular formula is C37H62O6. The van der Waals surface area contributed by atoms with Crippen molar-refractivity contribution in [2.45, 2.75) is 168 Å². The molecule has 0 bridgehead atoms. The van der Waals surface area contributed by atoms with Crippen LogP contribution < -0.4 is 0 Å². The monoisotopic (exact) mass is 602 g/mol. The molecule has 43 heavy (non-hydrogen) atoms. The third-order valence-corrected chi connectivity index (χ3v) is 7.74. The third-order valence-electron chi connectivity index (χ3n) is 7.74. The average molecular weight is 603 g/mol. The molecule has 1 aliphatic heterocycles. The maximum atomic E-state index is 12.3. The molecule has 0 saturated carbocycles. The molecule has 6 nitrogen and oxygen atoms in total. The summed E-state index contributed by atoms with van der Waals surface area (Å²) in [6.45, 7) is 6.26. The summed E-state index contributed by atoms with van der Waals surface area (Å²) in [5.41, 5.74) is 0. The van der Waals surface area contributed by atoms with E-state index in [9.17, 15) is 9.59 Å². The van der Waals surface area contributed by atoms with Gasteiger partial charge in [-0.2, -0.15) is 9.78 Å². The number of hydrogen-bond donors (Lipinski definition) is 0. The summed E-state index contributed by atoms with van der Waals surface area (Å²) in [5, 5.41) is 0. The van der Waals surface area contributed by atoms with E-state index in [-0.39, 0.29) is 5.92 Å². The normalized spacial score (nSPS) is 15.2. The van der Waals surface area contributed by atoms with Crippen molar-refractivity contribution < 1.29 is 29.1 Å². The zero-order chi connectivity index (χ0) is 31.3. The van der Waals surface area contributed by atoms with Crippen molar-refractivity contribution in [3.05, 3.63) is 48.6 Å². The van der Waals surface area contributed by atoms with Gasteiger partial charge in [-0.15, -0.1) is 0 Å². The van der Waals surface area contributed by atoms with Gasteiger partial charge in [-0.1, -0.05) is 127 Å². The van der Waals surface area contributed by atoms with Crippen molar-refractivity contribution in [3.63, 3.8) is 0 Å². The average Bonchev–Trinajstić information content (AvgIpc) is 3.81. The van der Waals surface area contributed by atoms with E-state index in [1.165, 1.54) is 51.4 Å². The minimum Gasteiger partial charge on any atom is -0.247 e. The second-order valence-electron chi connectivity index (χ2n) is 11.9. The van der Waals surface area contributed by atoms with Crippen LogP contribution in [0, 0.1) is 5.92 Å². The van der Waals surface area contributed by atoms with Crippen LogP contribution in [0.4, 0.5) is 0 Å². The molecule has 0 spiro atoms. The molecule has 0 aliphatic carbocycles. The van der Waals surface area contributed by atoms with Crippen LogP contribution in [0.5, 0.6) is 0 Å². The Kier molecular flexibility index (Phi) is 24.7. The largest absolute Gasteiger partial charge is 0.420 e. The van der Waals surface area contributed by atoms with Gasteiger partial charge in [0, 0.05) is 6.42 Å². The van der Waals surface area contributed by atoms with Crippen molar-refractivity contribution >= 4 is 11.9 Å². The Morgan fingerprint density at radius 1 is 0.581 bits per heavy atom. The highest BCUT2D eigenvalue weighted by atomic mass is 17.4. The molecule has 1 atom stereocenters. The first-order valence-corrected chi connectivity index (χ1v) is 17.4. The molecule has 246 valence electrons. The molecule has 1 fully saturated rings. The Balaban J connectivity index is 2.01. The van der Waals surface area contributed by atoms with Crippen LogP contribution in [-0.2, 0) is 29.1 Å². The summed E-state index contributed by atoms with van der Waals surface area (Å²) in [4.78, 5) is 44.0. The first-order chi connectivity index (χ1) is 21.1. The first kappa shape index (κ1) is 38.8. The van der Waals surface area contributed by atoms with Crippen molar-refractivity contribution in [3.8, 4) is 0 Å². The summed E-state index contributed by atoms with van der Waals surface area (Å²) in [5.74, 6) is -3.06. The quantitative estimate of drug-likeness (QED) is 0.0291. The van der Waals surface area contributed by atoms with Gasteiger partial charge in [-0.25, -0.2) is 19.4 Å². The highest BCUT2D eigenvalue weighted by Crippen LogP contribution is 2.36. The zero-order valence-corrected chi connectivity index (χ0v) is 27.7. The van der Waals surface area contributed by atoms with Crippen molar-refractivity contribution in [2.24, 2.45) is 5.92 Å². The third kappa shape index (κ3) is 22.1. The Labute approximate surface area is 263 Å². The van der Waals surface area contributed by atoms with Gasteiger partial charge in [0.25, 0.3) is 0 Å². The Morgan fingerprint density at radius 3 is 1.49 bits per heavy atom. The number of rotatable bonds is 28. The molecule has 0 aromatic heterocycles. The molecule has 1 rings (SSSR count). The number of hydrogen-bond acceptors (Lipinski definition) is 6. The van der Waals surface area contributed by atoms with E-state index < -0.39 is 17.7 Å². The molecule has 0 aromatic rings. The van der Waals surface area contributed by atoms with E-state index in [4.69, 9.17) is 19.6 Å². The fraction of sp³-hybridized carbons (Fsp3) is 0.730. The number of unbranched alkanes of at least 4 members (excludes halogenated alkanes) is 14. The van der Waals surface area contributed by atoms with Crippen LogP contribution in [0.25, 0.3) is 0 Å². The smallest absolute Gasteiger partial charge is 0.247 e. The number of allylic oxidation sites excluding steroid dienone is 8. The Hall–Kier alpha value is -2.18. The van der Waals surface area contributed by atoms with Gasteiger partial charge in [0.05, 0.1) is 5.92 Å². The van der Waals surface area contributed by atoms with Gasteiger partial charge in [0.15, 0.2) is 0 Å². The van der Waals surface area contributed by atoms with Crippen LogP contribution in [0.3, 0.4) is 0 Å². The van der Waals surface area contributed by atoms with E-state index >= 15 is 0 Å². The zero-order valence-electron chi connectivity index (χ0n) is 27.7. The molecule has 0 aromatic carbocycles. The fourth-order valence-corrected chi connectivity index (χ4v) is 4.72. The van der Waals surface area contributed by atoms with Crippen LogP contribution in [-0.4, -0.2) is 17.7 Å². The molecule has 0 radical (unpaired) electrons. The number of carbonyl (C=O) groups excluding carboxylic acids is 2. The van der Waals surface area contributed by atoms with Gasteiger partial charge in [-0.3, -0.25) is 0 Å². The second-order valence-corrected chi connectivity index (χ2v) is 11.9. The summed E-state index contributed by atoms with van der Waals surface area (Å²) < 4.78 is 0. The summed E-state index contributed by atoms with van der Waals surface area (Å²) in [7, 11) is 0. The predicted octanol–water partition coefficient (Wildman–Crippen LogP) is 11.1.